The second-order valence-electron chi connectivity index (χ2n) is 12.6. The molecule has 0 amide bonds. The van der Waals surface area contributed by atoms with Crippen LogP contribution in [0.25, 0.3) is 0 Å². The summed E-state index contributed by atoms with van der Waals surface area (Å²) in [7, 11) is 0. The van der Waals surface area contributed by atoms with Crippen molar-refractivity contribution < 1.29 is 0 Å². The minimum Gasteiger partial charge on any atom is -0.0919 e. The molecule has 5 aliphatic rings. The van der Waals surface area contributed by atoms with Crippen molar-refractivity contribution in [1.82, 2.24) is 0 Å². The Labute approximate surface area is 232 Å². The monoisotopic (exact) mass is 504 g/mol. The maximum atomic E-state index is 2.65. The largest absolute Gasteiger partial charge is 0.0919 e. The van der Waals surface area contributed by atoms with E-state index in [4.69, 9.17) is 0 Å². The Kier molecular flexibility index (Phi) is 13.0. The molecular formula is C37H60. The lowest BCUT2D eigenvalue weighted by atomic mass is 9.70. The second kappa shape index (κ2) is 15.1. The zero-order chi connectivity index (χ0) is 27.5. The van der Waals surface area contributed by atoms with E-state index in [-0.39, 0.29) is 0 Å². The molecule has 5 atom stereocenters. The van der Waals surface area contributed by atoms with Crippen LogP contribution in [0.15, 0.2) is 59.7 Å². The van der Waals surface area contributed by atoms with Gasteiger partial charge in [-0.1, -0.05) is 121 Å². The van der Waals surface area contributed by atoms with Crippen molar-refractivity contribution in [2.75, 3.05) is 0 Å². The third kappa shape index (κ3) is 7.74. The van der Waals surface area contributed by atoms with Gasteiger partial charge in [-0.05, 0) is 111 Å². The van der Waals surface area contributed by atoms with Gasteiger partial charge in [-0.3, -0.25) is 0 Å². The molecule has 0 radical (unpaired) electrons. The Morgan fingerprint density at radius 3 is 1.97 bits per heavy atom. The van der Waals surface area contributed by atoms with Crippen LogP contribution in [0.3, 0.4) is 0 Å². The summed E-state index contributed by atoms with van der Waals surface area (Å²) in [5, 5.41) is 0. The number of hydrogen-bond acceptors (Lipinski definition) is 0. The van der Waals surface area contributed by atoms with Crippen LogP contribution in [0.2, 0.25) is 0 Å². The quantitative estimate of drug-likeness (QED) is 0.333. The average Bonchev–Trinajstić information content (AvgIpc) is 3.19. The molecule has 0 heteroatoms. The summed E-state index contributed by atoms with van der Waals surface area (Å²) in [5.41, 5.74) is 7.95. The molecular weight excluding hydrogens is 444 g/mol. The van der Waals surface area contributed by atoms with Crippen LogP contribution in [-0.2, 0) is 6.42 Å². The number of benzene rings is 1. The molecule has 5 aliphatic carbocycles. The highest BCUT2D eigenvalue weighted by Gasteiger charge is 2.67. The van der Waals surface area contributed by atoms with Crippen LogP contribution in [0.4, 0.5) is 0 Å². The van der Waals surface area contributed by atoms with Crippen molar-refractivity contribution >= 4 is 0 Å². The number of hydrogen-bond donors (Lipinski definition) is 0. The van der Waals surface area contributed by atoms with Gasteiger partial charge in [0.25, 0.3) is 0 Å². The first-order valence-electron chi connectivity index (χ1n) is 15.8. The van der Waals surface area contributed by atoms with Gasteiger partial charge in [-0.15, -0.1) is 0 Å². The maximum Gasteiger partial charge on any atom is -0.00654 e. The summed E-state index contributed by atoms with van der Waals surface area (Å²) in [6, 6.07) is 9.32. The Balaban J connectivity index is 0.000000249. The molecule has 37 heavy (non-hydrogen) atoms. The Morgan fingerprint density at radius 1 is 0.892 bits per heavy atom. The molecule has 0 aromatic heterocycles. The van der Waals surface area contributed by atoms with E-state index in [1.807, 2.05) is 31.6 Å². The zero-order valence-electron chi connectivity index (χ0n) is 26.1. The number of allylic oxidation sites excluding steroid dienone is 6. The first kappa shape index (κ1) is 31.7. The molecule has 2 saturated carbocycles. The normalized spacial score (nSPS) is 32.9. The Morgan fingerprint density at radius 2 is 1.51 bits per heavy atom. The topological polar surface area (TPSA) is 0 Å². The fourth-order valence-electron chi connectivity index (χ4n) is 6.85. The summed E-state index contributed by atoms with van der Waals surface area (Å²) < 4.78 is 0. The summed E-state index contributed by atoms with van der Waals surface area (Å²) >= 11 is 0. The lowest BCUT2D eigenvalue weighted by molar-refractivity contribution is 0.231. The number of rotatable bonds is 1. The highest BCUT2D eigenvalue weighted by Crippen LogP contribution is 2.76. The van der Waals surface area contributed by atoms with Gasteiger partial charge in [0.1, 0.15) is 0 Å². The van der Waals surface area contributed by atoms with Crippen molar-refractivity contribution in [3.63, 3.8) is 0 Å². The minimum atomic E-state index is 0.559. The maximum absolute atomic E-state index is 2.65. The predicted molar refractivity (Wildman–Crippen MR) is 167 cm³/mol. The van der Waals surface area contributed by atoms with E-state index >= 15 is 0 Å². The highest BCUT2D eigenvalue weighted by molar-refractivity contribution is 5.42. The van der Waals surface area contributed by atoms with Crippen LogP contribution < -0.4 is 0 Å². The van der Waals surface area contributed by atoms with Crippen LogP contribution in [-0.4, -0.2) is 0 Å². The van der Waals surface area contributed by atoms with Gasteiger partial charge in [0.15, 0.2) is 0 Å². The molecule has 2 fully saturated rings. The van der Waals surface area contributed by atoms with E-state index in [9.17, 15) is 0 Å². The molecule has 0 bridgehead atoms. The highest BCUT2D eigenvalue weighted by atomic mass is 14.7. The van der Waals surface area contributed by atoms with Crippen molar-refractivity contribution in [3.8, 4) is 0 Å². The van der Waals surface area contributed by atoms with Crippen molar-refractivity contribution in [2.45, 2.75) is 139 Å². The number of fused-ring (bicyclic) bond motifs is 6. The third-order valence-electron chi connectivity index (χ3n) is 9.41. The minimum absolute atomic E-state index is 0.559. The van der Waals surface area contributed by atoms with Gasteiger partial charge in [-0.2, -0.15) is 0 Å². The van der Waals surface area contributed by atoms with E-state index in [1.165, 1.54) is 70.6 Å². The van der Waals surface area contributed by atoms with Gasteiger partial charge >= 0.3 is 0 Å². The predicted octanol–water partition coefficient (Wildman–Crippen LogP) is 12.0. The molecule has 0 spiro atoms. The Bertz CT molecular complexity index is 892. The molecule has 0 heterocycles. The first-order valence-corrected chi connectivity index (χ1v) is 15.8. The van der Waals surface area contributed by atoms with Crippen molar-refractivity contribution in [2.24, 2.45) is 22.7 Å². The fraction of sp³-hybridized carbons (Fsp3) is 0.676. The van der Waals surface area contributed by atoms with E-state index < -0.39 is 0 Å². The van der Waals surface area contributed by atoms with E-state index in [2.05, 4.69) is 84.9 Å². The lowest BCUT2D eigenvalue weighted by Gasteiger charge is -2.34. The molecule has 1 aromatic carbocycles. The van der Waals surface area contributed by atoms with Gasteiger partial charge in [0, 0.05) is 0 Å². The fourth-order valence-corrected chi connectivity index (χ4v) is 6.85. The van der Waals surface area contributed by atoms with Crippen molar-refractivity contribution in [3.05, 3.63) is 70.8 Å². The van der Waals surface area contributed by atoms with Crippen LogP contribution in [0.5, 0.6) is 0 Å². The molecule has 208 valence electrons. The molecule has 0 saturated heterocycles. The van der Waals surface area contributed by atoms with Gasteiger partial charge < -0.3 is 0 Å². The lowest BCUT2D eigenvalue weighted by Crippen LogP contribution is -2.24. The zero-order valence-corrected chi connectivity index (χ0v) is 26.1. The van der Waals surface area contributed by atoms with Crippen LogP contribution in [0.1, 0.15) is 144 Å². The first-order chi connectivity index (χ1) is 17.8. The van der Waals surface area contributed by atoms with Crippen LogP contribution in [0, 0.1) is 22.7 Å². The molecule has 1 aromatic rings. The molecule has 0 N–H and O–H groups in total. The third-order valence-corrected chi connectivity index (χ3v) is 9.41. The smallest absolute Gasteiger partial charge is 0.00654 e. The van der Waals surface area contributed by atoms with E-state index in [0.29, 0.717) is 10.8 Å². The Hall–Kier alpha value is -1.56. The summed E-state index contributed by atoms with van der Waals surface area (Å²) in [4.78, 5) is 0. The molecule has 0 nitrogen and oxygen atoms in total. The molecule has 0 aliphatic heterocycles. The summed E-state index contributed by atoms with van der Waals surface area (Å²) in [6.07, 6.45) is 23.9. The standard InChI is InChI=1S/C21H26.C6H10.C4H8.2C3H8/c1-20-12-17-10-8-14(17)7-9-16-11-15-5-3-4-6-18(15)19(16)21(20,2)13-20;1-2-6-4-3-5-6;1-3-4-2;2*1-3-2/h3-7,16-17,19H,8-13H2,1-2H3;4H,2-3,5H2,1H3;3-4H,1-2H3;2*3H2,1-2H3/b14-7-;;4-3-;;/t16-,17?,19?,20?,21?;;;;/m1..../s1. The summed E-state index contributed by atoms with van der Waals surface area (Å²) in [5.74, 6) is 2.61. The van der Waals surface area contributed by atoms with Crippen LogP contribution >= 0.6 is 0 Å². The van der Waals surface area contributed by atoms with Gasteiger partial charge in [0.2, 0.25) is 0 Å². The molecule has 4 unspecified atom stereocenters. The van der Waals surface area contributed by atoms with Crippen molar-refractivity contribution in [1.29, 1.82) is 0 Å². The van der Waals surface area contributed by atoms with Gasteiger partial charge in [0.05, 0.1) is 0 Å². The van der Waals surface area contributed by atoms with E-state index in [0.717, 1.165) is 17.8 Å². The second-order valence-corrected chi connectivity index (χ2v) is 12.6. The SMILES string of the molecule is C/C=C\C.CC12CC3CC/C3=C/C[C@@H]3Cc4ccccc4C3C1(C)C2.CCC.CCC.CCC1=CCC1. The van der Waals surface area contributed by atoms with E-state index in [1.54, 1.807) is 16.7 Å². The van der Waals surface area contributed by atoms with Gasteiger partial charge in [-0.25, -0.2) is 0 Å². The summed E-state index contributed by atoms with van der Waals surface area (Å²) in [6.45, 7) is 19.9. The average molecular weight is 505 g/mol. The molecule has 6 rings (SSSR count).